The van der Waals surface area contributed by atoms with Gasteiger partial charge in [-0.3, -0.25) is 19.2 Å². The highest BCUT2D eigenvalue weighted by molar-refractivity contribution is 6.08. The molecule has 0 saturated carbocycles. The number of hydrogen-bond acceptors (Lipinski definition) is 8. The first-order valence-electron chi connectivity index (χ1n) is 9.17. The highest BCUT2D eigenvalue weighted by atomic mass is 16.5. The molecule has 168 valence electrons. The molecule has 1 aromatic rings. The second kappa shape index (κ2) is 13.3. The Labute approximate surface area is 175 Å². The number of methoxy groups -OCH3 is 2. The number of carboxylic acids is 2. The second-order valence-electron chi connectivity index (χ2n) is 6.88. The maximum atomic E-state index is 11.7. The number of Topliss-reactive ketones (excluding diaryl/α,β-unsaturated/α-hetero) is 2. The number of rotatable bonds is 11. The third-order valence-electron chi connectivity index (χ3n) is 3.90. The molecule has 0 heterocycles. The molecule has 1 rings (SSSR count). The first-order chi connectivity index (χ1) is 13.9. The number of ketones is 2. The number of carboxylic acid groups (broad SMARTS) is 2. The van der Waals surface area contributed by atoms with E-state index < -0.39 is 36.2 Å². The Kier molecular flexibility index (Phi) is 12.0. The van der Waals surface area contributed by atoms with Gasteiger partial charge in [-0.05, 0) is 24.5 Å². The highest BCUT2D eigenvalue weighted by Crippen LogP contribution is 2.29. The van der Waals surface area contributed by atoms with Crippen molar-refractivity contribution in [2.24, 2.45) is 17.4 Å². The standard InChI is InChI=1S/C11H12O5.C9H18N2O3/c1-15-8-4-3-5-9(16-2)11(8)7(12)6-10(13)14;1-5(2)3-6(10)8(12)4-7(11)9(13)14/h3-5H,6H2,1-2H3,(H,13,14);5-7H,3-4,10-11H2,1-2H3,(H,13,14)/t;6?,7-/m.0/s1. The molecule has 0 amide bonds. The van der Waals surface area contributed by atoms with Crippen LogP contribution in [0.5, 0.6) is 11.5 Å². The van der Waals surface area contributed by atoms with E-state index in [0.717, 1.165) is 0 Å². The number of carbonyl (C=O) groups is 4. The third kappa shape index (κ3) is 9.48. The zero-order valence-electron chi connectivity index (χ0n) is 17.6. The van der Waals surface area contributed by atoms with Gasteiger partial charge in [0.25, 0.3) is 0 Å². The van der Waals surface area contributed by atoms with Gasteiger partial charge in [0.05, 0.1) is 20.3 Å². The van der Waals surface area contributed by atoms with E-state index in [1.54, 1.807) is 18.2 Å². The van der Waals surface area contributed by atoms with Gasteiger partial charge < -0.3 is 31.2 Å². The van der Waals surface area contributed by atoms with Crippen molar-refractivity contribution in [3.05, 3.63) is 23.8 Å². The zero-order chi connectivity index (χ0) is 23.4. The quantitative estimate of drug-likeness (QED) is 0.295. The van der Waals surface area contributed by atoms with Crippen LogP contribution in [0.3, 0.4) is 0 Å². The van der Waals surface area contributed by atoms with Crippen LogP contribution in [-0.4, -0.2) is 60.0 Å². The van der Waals surface area contributed by atoms with Crippen molar-refractivity contribution in [1.29, 1.82) is 0 Å². The topological polar surface area (TPSA) is 179 Å². The number of benzene rings is 1. The number of hydrogen-bond donors (Lipinski definition) is 4. The fourth-order valence-corrected chi connectivity index (χ4v) is 2.45. The Morgan fingerprint density at radius 3 is 1.83 bits per heavy atom. The van der Waals surface area contributed by atoms with Gasteiger partial charge >= 0.3 is 11.9 Å². The lowest BCUT2D eigenvalue weighted by molar-refractivity contribution is -0.140. The molecule has 0 aromatic heterocycles. The molecule has 0 fully saturated rings. The molecule has 0 aliphatic carbocycles. The average molecular weight is 426 g/mol. The van der Waals surface area contributed by atoms with E-state index in [-0.39, 0.29) is 17.8 Å². The van der Waals surface area contributed by atoms with Crippen molar-refractivity contribution in [2.45, 2.75) is 45.2 Å². The van der Waals surface area contributed by atoms with Crippen LogP contribution in [0, 0.1) is 5.92 Å². The fourth-order valence-electron chi connectivity index (χ4n) is 2.45. The van der Waals surface area contributed by atoms with Gasteiger partial charge in [0, 0.05) is 6.42 Å². The van der Waals surface area contributed by atoms with Crippen LogP contribution in [0.2, 0.25) is 0 Å². The van der Waals surface area contributed by atoms with E-state index in [1.807, 2.05) is 13.8 Å². The Balaban J connectivity index is 0.000000567. The summed E-state index contributed by atoms with van der Waals surface area (Å²) in [6, 6.07) is 3.09. The van der Waals surface area contributed by atoms with Crippen LogP contribution in [0.15, 0.2) is 18.2 Å². The lowest BCUT2D eigenvalue weighted by Gasteiger charge is -2.14. The summed E-state index contributed by atoms with van der Waals surface area (Å²) < 4.78 is 9.99. The maximum Gasteiger partial charge on any atom is 0.320 e. The van der Waals surface area contributed by atoms with Crippen LogP contribution in [-0.2, 0) is 14.4 Å². The van der Waals surface area contributed by atoms with Crippen molar-refractivity contribution in [3.8, 4) is 11.5 Å². The van der Waals surface area contributed by atoms with Crippen molar-refractivity contribution in [3.63, 3.8) is 0 Å². The molecule has 0 saturated heterocycles. The van der Waals surface area contributed by atoms with Crippen LogP contribution in [0.1, 0.15) is 43.5 Å². The van der Waals surface area contributed by atoms with E-state index in [9.17, 15) is 19.2 Å². The Morgan fingerprint density at radius 1 is 0.967 bits per heavy atom. The highest BCUT2D eigenvalue weighted by Gasteiger charge is 2.22. The SMILES string of the molecule is CC(C)CC(N)C(=O)C[C@H](N)C(=O)O.COc1cccc(OC)c1C(=O)CC(=O)O. The predicted molar refractivity (Wildman–Crippen MR) is 109 cm³/mol. The minimum Gasteiger partial charge on any atom is -0.496 e. The molecule has 0 bridgehead atoms. The summed E-state index contributed by atoms with van der Waals surface area (Å²) in [5.74, 6) is -2.24. The van der Waals surface area contributed by atoms with E-state index in [0.29, 0.717) is 23.8 Å². The Morgan fingerprint density at radius 2 is 1.47 bits per heavy atom. The Hall–Kier alpha value is -2.98. The van der Waals surface area contributed by atoms with Crippen LogP contribution in [0.25, 0.3) is 0 Å². The molecule has 30 heavy (non-hydrogen) atoms. The number of aliphatic carboxylic acids is 2. The second-order valence-corrected chi connectivity index (χ2v) is 6.88. The van der Waals surface area contributed by atoms with Gasteiger partial charge in [-0.15, -0.1) is 0 Å². The van der Waals surface area contributed by atoms with Crippen LogP contribution >= 0.6 is 0 Å². The Bertz CT molecular complexity index is 726. The summed E-state index contributed by atoms with van der Waals surface area (Å²) in [6.45, 7) is 3.90. The smallest absolute Gasteiger partial charge is 0.320 e. The van der Waals surface area contributed by atoms with Gasteiger partial charge in [-0.1, -0.05) is 19.9 Å². The molecule has 10 heteroatoms. The summed E-state index contributed by atoms with van der Waals surface area (Å²) in [5.41, 5.74) is 10.9. The molecule has 0 aliphatic heterocycles. The summed E-state index contributed by atoms with van der Waals surface area (Å²) in [4.78, 5) is 43.8. The van der Waals surface area contributed by atoms with Gasteiger partial charge in [0.1, 0.15) is 29.5 Å². The molecule has 0 spiro atoms. The van der Waals surface area contributed by atoms with E-state index >= 15 is 0 Å². The first kappa shape index (κ1) is 27.0. The van der Waals surface area contributed by atoms with Crippen molar-refractivity contribution < 1.29 is 38.9 Å². The van der Waals surface area contributed by atoms with Gasteiger partial charge in [0.2, 0.25) is 0 Å². The van der Waals surface area contributed by atoms with Gasteiger partial charge in [0.15, 0.2) is 11.6 Å². The third-order valence-corrected chi connectivity index (χ3v) is 3.90. The minimum atomic E-state index is -1.18. The average Bonchev–Trinajstić information content (AvgIpc) is 2.66. The molecule has 1 unspecified atom stereocenters. The normalized spacial score (nSPS) is 12.2. The molecule has 6 N–H and O–H groups in total. The zero-order valence-corrected chi connectivity index (χ0v) is 17.6. The van der Waals surface area contributed by atoms with Gasteiger partial charge in [-0.2, -0.15) is 0 Å². The van der Waals surface area contributed by atoms with Crippen molar-refractivity contribution >= 4 is 23.5 Å². The van der Waals surface area contributed by atoms with E-state index in [4.69, 9.17) is 31.2 Å². The summed E-state index contributed by atoms with van der Waals surface area (Å²) >= 11 is 0. The maximum absolute atomic E-state index is 11.7. The number of carbonyl (C=O) groups excluding carboxylic acids is 2. The lowest BCUT2D eigenvalue weighted by Crippen LogP contribution is -2.39. The molecule has 0 aliphatic rings. The number of ether oxygens (including phenoxy) is 2. The van der Waals surface area contributed by atoms with Crippen molar-refractivity contribution in [2.75, 3.05) is 14.2 Å². The molecule has 1 aromatic carbocycles. The van der Waals surface area contributed by atoms with Crippen LogP contribution in [0.4, 0.5) is 0 Å². The largest absolute Gasteiger partial charge is 0.496 e. The molecule has 10 nitrogen and oxygen atoms in total. The molecule has 2 atom stereocenters. The van der Waals surface area contributed by atoms with Crippen LogP contribution < -0.4 is 20.9 Å². The number of nitrogens with two attached hydrogens (primary N) is 2. The van der Waals surface area contributed by atoms with E-state index in [2.05, 4.69) is 0 Å². The molecular formula is C20H30N2O8. The van der Waals surface area contributed by atoms with Gasteiger partial charge in [-0.25, -0.2) is 0 Å². The van der Waals surface area contributed by atoms with Crippen molar-refractivity contribution in [1.82, 2.24) is 0 Å². The summed E-state index contributed by atoms with van der Waals surface area (Å²) in [5, 5.41) is 17.0. The summed E-state index contributed by atoms with van der Waals surface area (Å²) in [6.07, 6.45) is -0.217. The minimum absolute atomic E-state index is 0.162. The fraction of sp³-hybridized carbons (Fsp3) is 0.500. The lowest BCUT2D eigenvalue weighted by atomic mass is 9.97. The monoisotopic (exact) mass is 426 g/mol. The molecule has 0 radical (unpaired) electrons. The first-order valence-corrected chi connectivity index (χ1v) is 9.17. The predicted octanol–water partition coefficient (Wildman–Crippen LogP) is 1.09. The summed E-state index contributed by atoms with van der Waals surface area (Å²) in [7, 11) is 2.82. The van der Waals surface area contributed by atoms with E-state index in [1.165, 1.54) is 14.2 Å². The molecular weight excluding hydrogens is 396 g/mol.